The topological polar surface area (TPSA) is 92.4 Å². The number of carbonyl (C=O) groups is 1. The summed E-state index contributed by atoms with van der Waals surface area (Å²) < 4.78 is 29.7. The maximum atomic E-state index is 12.8. The van der Waals surface area contributed by atoms with Crippen molar-refractivity contribution in [3.63, 3.8) is 0 Å². The fourth-order valence-corrected chi connectivity index (χ4v) is 6.35. The Morgan fingerprint density at radius 3 is 2.79 bits per heavy atom. The quantitative estimate of drug-likeness (QED) is 0.878. The van der Waals surface area contributed by atoms with Crippen LogP contribution in [0.1, 0.15) is 15.9 Å². The van der Waals surface area contributed by atoms with Gasteiger partial charge in [-0.3, -0.25) is 4.79 Å². The van der Waals surface area contributed by atoms with Crippen LogP contribution in [0.3, 0.4) is 0 Å². The zero-order valence-electron chi connectivity index (χ0n) is 13.1. The molecule has 2 aromatic rings. The van der Waals surface area contributed by atoms with Crippen molar-refractivity contribution in [2.24, 2.45) is 0 Å². The third kappa shape index (κ3) is 1.99. The second kappa shape index (κ2) is 5.07. The number of amides is 1. The number of rotatable bonds is 3. The Kier molecular flexibility index (Phi) is 3.21. The van der Waals surface area contributed by atoms with Crippen molar-refractivity contribution in [1.82, 2.24) is 15.1 Å². The number of nitrogens with zero attached hydrogens (tertiary/aromatic N) is 2. The zero-order chi connectivity index (χ0) is 16.9. The van der Waals surface area contributed by atoms with E-state index < -0.39 is 20.5 Å². The predicted molar refractivity (Wildman–Crippen MR) is 86.7 cm³/mol. The van der Waals surface area contributed by atoms with Crippen LogP contribution in [-0.2, 0) is 15.3 Å². The zero-order valence-corrected chi connectivity index (χ0v) is 13.9. The lowest BCUT2D eigenvalue weighted by atomic mass is 9.80. The molecule has 0 spiro atoms. The van der Waals surface area contributed by atoms with Gasteiger partial charge in [0.1, 0.15) is 5.56 Å². The fourth-order valence-electron chi connectivity index (χ4n) is 3.88. The standard InChI is InChI=1S/C16H17N3O4S/c1-23-14-12(7-17-18-14)15(20)19-8-13-16(9-19,10-24(13,21)22)11-5-3-2-4-6-11/h2-7,13H,8-10H2,1H3,(H,17,18)/t13-,16-/m1/s1. The number of aromatic nitrogens is 2. The van der Waals surface area contributed by atoms with Crippen molar-refractivity contribution in [1.29, 1.82) is 0 Å². The van der Waals surface area contributed by atoms with Crippen molar-refractivity contribution >= 4 is 15.7 Å². The van der Waals surface area contributed by atoms with Gasteiger partial charge in [0.15, 0.2) is 9.84 Å². The number of hydrogen-bond donors (Lipinski definition) is 1. The molecule has 0 aliphatic carbocycles. The van der Waals surface area contributed by atoms with Gasteiger partial charge in [0.2, 0.25) is 5.88 Å². The molecule has 2 atom stereocenters. The molecule has 0 bridgehead atoms. The summed E-state index contributed by atoms with van der Waals surface area (Å²) in [5.41, 5.74) is 0.783. The smallest absolute Gasteiger partial charge is 0.261 e. The first-order chi connectivity index (χ1) is 11.5. The van der Waals surface area contributed by atoms with Gasteiger partial charge in [-0.05, 0) is 5.56 Å². The number of H-pyrrole nitrogens is 1. The van der Waals surface area contributed by atoms with E-state index in [0.29, 0.717) is 12.1 Å². The number of sulfone groups is 1. The van der Waals surface area contributed by atoms with Gasteiger partial charge >= 0.3 is 0 Å². The molecule has 7 nitrogen and oxygen atoms in total. The van der Waals surface area contributed by atoms with Gasteiger partial charge in [-0.15, -0.1) is 0 Å². The molecule has 1 aromatic heterocycles. The van der Waals surface area contributed by atoms with E-state index in [-0.39, 0.29) is 24.1 Å². The highest BCUT2D eigenvalue weighted by molar-refractivity contribution is 7.93. The number of fused-ring (bicyclic) bond motifs is 1. The minimum absolute atomic E-state index is 0.0843. The maximum Gasteiger partial charge on any atom is 0.261 e. The normalized spacial score (nSPS) is 27.4. The second-order valence-corrected chi connectivity index (χ2v) is 8.50. The van der Waals surface area contributed by atoms with Crippen LogP contribution in [-0.4, -0.2) is 60.6 Å². The SMILES string of the molecule is COc1[nH]ncc1C(=O)N1C[C@@H]2[C@](c3ccccc3)(C1)CS2(=O)=O. The van der Waals surface area contributed by atoms with Crippen LogP contribution < -0.4 is 4.74 Å². The molecule has 3 heterocycles. The number of hydrogen-bond acceptors (Lipinski definition) is 5. The van der Waals surface area contributed by atoms with Crippen molar-refractivity contribution in [2.75, 3.05) is 26.0 Å². The largest absolute Gasteiger partial charge is 0.481 e. The number of ether oxygens (including phenoxy) is 1. The highest BCUT2D eigenvalue weighted by Gasteiger charge is 2.64. The van der Waals surface area contributed by atoms with E-state index in [9.17, 15) is 13.2 Å². The lowest BCUT2D eigenvalue weighted by Crippen LogP contribution is -2.59. The molecular weight excluding hydrogens is 330 g/mol. The molecule has 0 unspecified atom stereocenters. The Labute approximate surface area is 139 Å². The number of methoxy groups -OCH3 is 1. The number of aromatic amines is 1. The number of benzene rings is 1. The average molecular weight is 347 g/mol. The summed E-state index contributed by atoms with van der Waals surface area (Å²) in [5, 5.41) is 5.90. The summed E-state index contributed by atoms with van der Waals surface area (Å²) in [6.45, 7) is 0.582. The summed E-state index contributed by atoms with van der Waals surface area (Å²) in [7, 11) is -1.71. The first-order valence-electron chi connectivity index (χ1n) is 7.62. The Balaban J connectivity index is 1.69. The van der Waals surface area contributed by atoms with Gasteiger partial charge < -0.3 is 9.64 Å². The molecule has 1 N–H and O–H groups in total. The van der Waals surface area contributed by atoms with E-state index in [1.807, 2.05) is 30.3 Å². The lowest BCUT2D eigenvalue weighted by Gasteiger charge is -2.43. The fraction of sp³-hybridized carbons (Fsp3) is 0.375. The molecule has 2 fully saturated rings. The molecule has 1 aromatic carbocycles. The summed E-state index contributed by atoms with van der Waals surface area (Å²) >= 11 is 0. The van der Waals surface area contributed by atoms with E-state index in [4.69, 9.17) is 4.74 Å². The van der Waals surface area contributed by atoms with Crippen LogP contribution in [0.4, 0.5) is 0 Å². The molecule has 1 amide bonds. The van der Waals surface area contributed by atoms with E-state index in [1.54, 1.807) is 4.90 Å². The van der Waals surface area contributed by atoms with Crippen LogP contribution in [0.5, 0.6) is 5.88 Å². The van der Waals surface area contributed by atoms with Gasteiger partial charge in [-0.2, -0.15) is 5.10 Å². The summed E-state index contributed by atoms with van der Waals surface area (Å²) in [6.07, 6.45) is 1.41. The molecule has 2 saturated heterocycles. The molecule has 24 heavy (non-hydrogen) atoms. The highest BCUT2D eigenvalue weighted by atomic mass is 32.2. The van der Waals surface area contributed by atoms with Gasteiger partial charge in [-0.25, -0.2) is 13.5 Å². The lowest BCUT2D eigenvalue weighted by molar-refractivity contribution is 0.0782. The molecule has 8 heteroatoms. The van der Waals surface area contributed by atoms with Crippen molar-refractivity contribution in [3.8, 4) is 5.88 Å². The molecule has 2 aliphatic heterocycles. The summed E-state index contributed by atoms with van der Waals surface area (Å²) in [4.78, 5) is 14.4. The molecule has 0 radical (unpaired) electrons. The van der Waals surface area contributed by atoms with Crippen LogP contribution in [0.2, 0.25) is 0 Å². The van der Waals surface area contributed by atoms with E-state index in [1.165, 1.54) is 13.3 Å². The van der Waals surface area contributed by atoms with Crippen LogP contribution in [0.15, 0.2) is 36.5 Å². The van der Waals surface area contributed by atoms with Crippen molar-refractivity contribution in [2.45, 2.75) is 10.7 Å². The molecule has 126 valence electrons. The Morgan fingerprint density at radius 2 is 2.12 bits per heavy atom. The maximum absolute atomic E-state index is 12.8. The third-order valence-corrected chi connectivity index (χ3v) is 7.43. The van der Waals surface area contributed by atoms with Crippen molar-refractivity contribution < 1.29 is 17.9 Å². The predicted octanol–water partition coefficient (Wildman–Crippen LogP) is 0.609. The van der Waals surface area contributed by atoms with Gasteiger partial charge in [0.05, 0.1) is 24.3 Å². The Bertz CT molecular complexity index is 893. The molecular formula is C16H17N3O4S. The minimum Gasteiger partial charge on any atom is -0.481 e. The minimum atomic E-state index is -3.17. The van der Waals surface area contributed by atoms with Crippen LogP contribution in [0.25, 0.3) is 0 Å². The first-order valence-corrected chi connectivity index (χ1v) is 9.33. The van der Waals surface area contributed by atoms with Gasteiger partial charge in [0.25, 0.3) is 5.91 Å². The number of likely N-dealkylation sites (tertiary alicyclic amines) is 1. The molecule has 0 saturated carbocycles. The second-order valence-electron chi connectivity index (χ2n) is 6.32. The molecule has 4 rings (SSSR count). The number of carbonyl (C=O) groups excluding carboxylic acids is 1. The van der Waals surface area contributed by atoms with Gasteiger partial charge in [-0.1, -0.05) is 30.3 Å². The highest BCUT2D eigenvalue weighted by Crippen LogP contribution is 2.48. The Hall–Kier alpha value is -2.35. The Morgan fingerprint density at radius 1 is 1.38 bits per heavy atom. The summed E-state index contributed by atoms with van der Waals surface area (Å²) in [6, 6.07) is 9.57. The summed E-state index contributed by atoms with van der Waals surface area (Å²) in [5.74, 6) is 0.109. The van der Waals surface area contributed by atoms with E-state index >= 15 is 0 Å². The van der Waals surface area contributed by atoms with E-state index in [0.717, 1.165) is 5.56 Å². The van der Waals surface area contributed by atoms with E-state index in [2.05, 4.69) is 10.2 Å². The number of nitrogens with one attached hydrogen (secondary N) is 1. The van der Waals surface area contributed by atoms with Crippen LogP contribution in [0, 0.1) is 0 Å². The first kappa shape index (κ1) is 15.2. The van der Waals surface area contributed by atoms with Crippen molar-refractivity contribution in [3.05, 3.63) is 47.7 Å². The monoisotopic (exact) mass is 347 g/mol. The molecule has 2 aliphatic rings. The average Bonchev–Trinajstić information content (AvgIpc) is 3.18. The third-order valence-electron chi connectivity index (χ3n) is 5.04. The van der Waals surface area contributed by atoms with Crippen LogP contribution >= 0.6 is 0 Å². The van der Waals surface area contributed by atoms with Gasteiger partial charge in [0, 0.05) is 18.5 Å².